The summed E-state index contributed by atoms with van der Waals surface area (Å²) < 4.78 is 13.2. The van der Waals surface area contributed by atoms with Gasteiger partial charge < -0.3 is 4.57 Å². The lowest BCUT2D eigenvalue weighted by Gasteiger charge is -2.06. The third kappa shape index (κ3) is 3.02. The molecule has 1 atom stereocenters. The van der Waals surface area contributed by atoms with Crippen LogP contribution in [0.25, 0.3) is 11.2 Å². The molecule has 0 aliphatic rings. The second-order valence-electron chi connectivity index (χ2n) is 3.89. The quantitative estimate of drug-likeness (QED) is 0.796. The highest BCUT2D eigenvalue weighted by atomic mass is 35.5. The van der Waals surface area contributed by atoms with E-state index in [0.717, 1.165) is 17.0 Å². The maximum absolute atomic E-state index is 11.2. The van der Waals surface area contributed by atoms with Crippen LogP contribution in [0.5, 0.6) is 0 Å². The fraction of sp³-hybridized carbons (Fsp3) is 0.455. The smallest absolute Gasteiger partial charge is 0.160 e. The molecule has 0 spiro atoms. The number of rotatable bonds is 5. The standard InChI is InChI=1S/C11H13Cl2N3OS/c1-18(17)5-4-16-10(2-3-12)15-9-6-8(13)7-14-11(9)16/h6-7H,2-5H2,1H3. The molecule has 7 heteroatoms. The Morgan fingerprint density at radius 2 is 2.28 bits per heavy atom. The summed E-state index contributed by atoms with van der Waals surface area (Å²) in [7, 11) is -0.845. The van der Waals surface area contributed by atoms with Crippen molar-refractivity contribution in [3.05, 3.63) is 23.1 Å². The average Bonchev–Trinajstić information content (AvgIpc) is 2.63. The first-order chi connectivity index (χ1) is 8.61. The number of pyridine rings is 1. The molecule has 18 heavy (non-hydrogen) atoms. The van der Waals surface area contributed by atoms with Crippen molar-refractivity contribution in [3.63, 3.8) is 0 Å². The average molecular weight is 306 g/mol. The molecule has 0 amide bonds. The molecule has 2 aromatic rings. The lowest BCUT2D eigenvalue weighted by atomic mass is 10.4. The molecule has 2 rings (SSSR count). The zero-order chi connectivity index (χ0) is 13.1. The molecule has 0 aromatic carbocycles. The van der Waals surface area contributed by atoms with Gasteiger partial charge in [0.25, 0.3) is 0 Å². The Kier molecular flexibility index (Phi) is 4.59. The van der Waals surface area contributed by atoms with E-state index in [2.05, 4.69) is 9.97 Å². The molecule has 0 aliphatic carbocycles. The summed E-state index contributed by atoms with van der Waals surface area (Å²) in [6, 6.07) is 1.78. The van der Waals surface area contributed by atoms with E-state index in [1.165, 1.54) is 0 Å². The highest BCUT2D eigenvalue weighted by molar-refractivity contribution is 7.84. The van der Waals surface area contributed by atoms with Crippen LogP contribution >= 0.6 is 23.2 Å². The molecule has 0 aliphatic heterocycles. The van der Waals surface area contributed by atoms with E-state index in [1.807, 2.05) is 4.57 Å². The number of alkyl halides is 1. The normalized spacial score (nSPS) is 13.1. The van der Waals surface area contributed by atoms with Crippen LogP contribution in [0.1, 0.15) is 5.82 Å². The molecule has 98 valence electrons. The zero-order valence-electron chi connectivity index (χ0n) is 9.90. The van der Waals surface area contributed by atoms with Crippen molar-refractivity contribution in [2.45, 2.75) is 13.0 Å². The molecular formula is C11H13Cl2N3OS. The molecule has 0 radical (unpaired) electrons. The molecule has 0 fully saturated rings. The van der Waals surface area contributed by atoms with Crippen molar-refractivity contribution in [1.82, 2.24) is 14.5 Å². The number of hydrogen-bond acceptors (Lipinski definition) is 3. The maximum atomic E-state index is 11.2. The summed E-state index contributed by atoms with van der Waals surface area (Å²) in [6.45, 7) is 0.625. The summed E-state index contributed by atoms with van der Waals surface area (Å²) in [5.41, 5.74) is 1.52. The van der Waals surface area contributed by atoms with Gasteiger partial charge in [0.05, 0.1) is 5.02 Å². The van der Waals surface area contributed by atoms with E-state index >= 15 is 0 Å². The number of aromatic nitrogens is 3. The molecule has 0 saturated heterocycles. The Balaban J connectivity index is 2.44. The summed E-state index contributed by atoms with van der Waals surface area (Å²) in [5.74, 6) is 1.93. The molecule has 1 unspecified atom stereocenters. The first-order valence-electron chi connectivity index (χ1n) is 5.48. The number of fused-ring (bicyclic) bond motifs is 1. The number of aryl methyl sites for hydroxylation is 2. The van der Waals surface area contributed by atoms with Crippen LogP contribution < -0.4 is 0 Å². The molecule has 0 bridgehead atoms. The van der Waals surface area contributed by atoms with Crippen molar-refractivity contribution in [3.8, 4) is 0 Å². The van der Waals surface area contributed by atoms with Gasteiger partial charge in [0.1, 0.15) is 11.3 Å². The highest BCUT2D eigenvalue weighted by Crippen LogP contribution is 2.18. The van der Waals surface area contributed by atoms with Crippen molar-refractivity contribution >= 4 is 45.2 Å². The number of imidazole rings is 1. The van der Waals surface area contributed by atoms with Crippen LogP contribution in [-0.4, -0.2) is 36.6 Å². The second-order valence-corrected chi connectivity index (χ2v) is 6.26. The minimum absolute atomic E-state index is 0.492. The summed E-state index contributed by atoms with van der Waals surface area (Å²) in [4.78, 5) is 8.76. The van der Waals surface area contributed by atoms with Crippen LogP contribution in [0, 0.1) is 0 Å². The largest absolute Gasteiger partial charge is 0.312 e. The lowest BCUT2D eigenvalue weighted by Crippen LogP contribution is -2.11. The van der Waals surface area contributed by atoms with Crippen molar-refractivity contribution in [1.29, 1.82) is 0 Å². The Morgan fingerprint density at radius 1 is 1.50 bits per heavy atom. The van der Waals surface area contributed by atoms with Gasteiger partial charge in [-0.3, -0.25) is 4.21 Å². The summed E-state index contributed by atoms with van der Waals surface area (Å²) >= 11 is 11.7. The van der Waals surface area contributed by atoms with Crippen molar-refractivity contribution < 1.29 is 4.21 Å². The zero-order valence-corrected chi connectivity index (χ0v) is 12.2. The van der Waals surface area contributed by atoms with Gasteiger partial charge in [-0.15, -0.1) is 11.6 Å². The Hall–Kier alpha value is -0.650. The third-order valence-corrected chi connectivity index (χ3v) is 3.70. The second kappa shape index (κ2) is 5.99. The van der Waals surface area contributed by atoms with Gasteiger partial charge >= 0.3 is 0 Å². The SMILES string of the molecule is CS(=O)CCn1c(CCCl)nc2cc(Cl)cnc21. The molecular weight excluding hydrogens is 293 g/mol. The topological polar surface area (TPSA) is 47.8 Å². The summed E-state index contributed by atoms with van der Waals surface area (Å²) in [6.07, 6.45) is 3.94. The van der Waals surface area contributed by atoms with Gasteiger partial charge in [-0.05, 0) is 6.07 Å². The van der Waals surface area contributed by atoms with E-state index < -0.39 is 10.8 Å². The summed E-state index contributed by atoms with van der Waals surface area (Å²) in [5, 5.41) is 0.559. The lowest BCUT2D eigenvalue weighted by molar-refractivity contribution is 0.673. The Morgan fingerprint density at radius 3 is 2.94 bits per heavy atom. The number of nitrogens with zero attached hydrogens (tertiary/aromatic N) is 3. The van der Waals surface area contributed by atoms with Gasteiger partial charge in [-0.25, -0.2) is 9.97 Å². The molecule has 2 aromatic heterocycles. The number of hydrogen-bond donors (Lipinski definition) is 0. The van der Waals surface area contributed by atoms with Gasteiger partial charge in [-0.1, -0.05) is 11.6 Å². The van der Waals surface area contributed by atoms with E-state index in [4.69, 9.17) is 23.2 Å². The first-order valence-corrected chi connectivity index (χ1v) is 8.12. The molecule has 2 heterocycles. The van der Waals surface area contributed by atoms with Crippen LogP contribution in [0.4, 0.5) is 0 Å². The minimum Gasteiger partial charge on any atom is -0.312 e. The first kappa shape index (κ1) is 13.8. The van der Waals surface area contributed by atoms with Gasteiger partial charge in [0.15, 0.2) is 5.65 Å². The predicted octanol–water partition coefficient (Wildman–Crippen LogP) is 2.24. The van der Waals surface area contributed by atoms with E-state index in [-0.39, 0.29) is 0 Å². The van der Waals surface area contributed by atoms with E-state index in [9.17, 15) is 4.21 Å². The Labute approximate surface area is 118 Å². The Bertz CT molecular complexity index is 585. The third-order valence-electron chi connectivity index (χ3n) is 2.55. The molecule has 4 nitrogen and oxygen atoms in total. The van der Waals surface area contributed by atoms with Gasteiger partial charge in [-0.2, -0.15) is 0 Å². The highest BCUT2D eigenvalue weighted by Gasteiger charge is 2.12. The van der Waals surface area contributed by atoms with Crippen LogP contribution in [0.2, 0.25) is 5.02 Å². The van der Waals surface area contributed by atoms with Crippen LogP contribution in [0.15, 0.2) is 12.3 Å². The van der Waals surface area contributed by atoms with Gasteiger partial charge in [0, 0.05) is 47.9 Å². The minimum atomic E-state index is -0.845. The van der Waals surface area contributed by atoms with Crippen LogP contribution in [-0.2, 0) is 23.8 Å². The van der Waals surface area contributed by atoms with Crippen LogP contribution in [0.3, 0.4) is 0 Å². The van der Waals surface area contributed by atoms with Gasteiger partial charge in [0.2, 0.25) is 0 Å². The van der Waals surface area contributed by atoms with Crippen molar-refractivity contribution in [2.24, 2.45) is 0 Å². The fourth-order valence-electron chi connectivity index (χ4n) is 1.76. The predicted molar refractivity (Wildman–Crippen MR) is 75.9 cm³/mol. The number of halogens is 2. The van der Waals surface area contributed by atoms with E-state index in [1.54, 1.807) is 18.5 Å². The fourth-order valence-corrected chi connectivity index (χ4v) is 2.52. The monoisotopic (exact) mass is 305 g/mol. The van der Waals surface area contributed by atoms with E-state index in [0.29, 0.717) is 29.6 Å². The maximum Gasteiger partial charge on any atom is 0.160 e. The van der Waals surface area contributed by atoms with Crippen molar-refractivity contribution in [2.75, 3.05) is 17.9 Å². The molecule has 0 N–H and O–H groups in total. The molecule has 0 saturated carbocycles.